The van der Waals surface area contributed by atoms with Crippen molar-refractivity contribution in [3.63, 3.8) is 0 Å². The molecule has 0 bridgehead atoms. The van der Waals surface area contributed by atoms with E-state index in [9.17, 15) is 4.79 Å². The van der Waals surface area contributed by atoms with Crippen molar-refractivity contribution in [3.05, 3.63) is 11.6 Å². The largest absolute Gasteiger partial charge is 0.301 e. The smallest absolute Gasteiger partial charge is 0.239 e. The predicted molar refractivity (Wildman–Crippen MR) is 49.1 cm³/mol. The van der Waals surface area contributed by atoms with Gasteiger partial charge in [0, 0.05) is 11.6 Å². The summed E-state index contributed by atoms with van der Waals surface area (Å²) in [6, 6.07) is 0. The van der Waals surface area contributed by atoms with Crippen molar-refractivity contribution in [3.8, 4) is 0 Å². The van der Waals surface area contributed by atoms with Crippen LogP contribution in [0.3, 0.4) is 0 Å². The maximum absolute atomic E-state index is 11.0. The van der Waals surface area contributed by atoms with Gasteiger partial charge in [-0.2, -0.15) is 0 Å². The van der Waals surface area contributed by atoms with Crippen LogP contribution in [-0.4, -0.2) is 15.7 Å². The molecule has 1 amide bonds. The van der Waals surface area contributed by atoms with Crippen LogP contribution in [0.4, 0.5) is 5.13 Å². The van der Waals surface area contributed by atoms with Gasteiger partial charge in [-0.05, 0) is 6.92 Å². The zero-order valence-electron chi connectivity index (χ0n) is 5.87. The summed E-state index contributed by atoms with van der Waals surface area (Å²) in [6.07, 6.45) is 1.65. The van der Waals surface area contributed by atoms with E-state index in [4.69, 9.17) is 0 Å². The van der Waals surface area contributed by atoms with Gasteiger partial charge in [0.1, 0.15) is 0 Å². The van der Waals surface area contributed by atoms with Crippen molar-refractivity contribution in [1.29, 1.82) is 0 Å². The Morgan fingerprint density at radius 3 is 3.09 bits per heavy atom. The molecule has 1 aromatic heterocycles. The van der Waals surface area contributed by atoms with Crippen LogP contribution < -0.4 is 5.32 Å². The molecule has 5 heteroatoms. The van der Waals surface area contributed by atoms with Crippen molar-refractivity contribution in [2.45, 2.75) is 11.8 Å². The van der Waals surface area contributed by atoms with E-state index >= 15 is 0 Å². The highest BCUT2D eigenvalue weighted by Gasteiger charge is 2.08. The number of anilines is 1. The average molecular weight is 235 g/mol. The second kappa shape index (κ2) is 3.82. The molecule has 1 heterocycles. The molecule has 0 radical (unpaired) electrons. The highest BCUT2D eigenvalue weighted by atomic mass is 79.9. The van der Waals surface area contributed by atoms with Crippen LogP contribution in [0.15, 0.2) is 11.6 Å². The van der Waals surface area contributed by atoms with Crippen molar-refractivity contribution >= 4 is 38.3 Å². The highest BCUT2D eigenvalue weighted by molar-refractivity contribution is 9.10. The zero-order chi connectivity index (χ0) is 8.27. The summed E-state index contributed by atoms with van der Waals surface area (Å²) in [6.45, 7) is 1.77. The minimum atomic E-state index is -0.175. The fourth-order valence-electron chi connectivity index (χ4n) is 0.490. The molecular formula is C6H7BrN2OS. The van der Waals surface area contributed by atoms with Gasteiger partial charge >= 0.3 is 0 Å². The molecule has 1 atom stereocenters. The number of rotatable bonds is 2. The lowest BCUT2D eigenvalue weighted by Crippen LogP contribution is -2.19. The van der Waals surface area contributed by atoms with E-state index in [1.165, 1.54) is 11.3 Å². The molecule has 60 valence electrons. The van der Waals surface area contributed by atoms with Gasteiger partial charge in [0.15, 0.2) is 5.13 Å². The summed E-state index contributed by atoms with van der Waals surface area (Å²) >= 11 is 4.56. The van der Waals surface area contributed by atoms with Crippen LogP contribution in [0.25, 0.3) is 0 Å². The molecule has 1 aromatic rings. The minimum absolute atomic E-state index is 0.0695. The fraction of sp³-hybridized carbons (Fsp3) is 0.333. The summed E-state index contributed by atoms with van der Waals surface area (Å²) in [5.41, 5.74) is 0. The van der Waals surface area contributed by atoms with E-state index in [2.05, 4.69) is 26.2 Å². The van der Waals surface area contributed by atoms with E-state index in [-0.39, 0.29) is 10.7 Å². The van der Waals surface area contributed by atoms with Crippen molar-refractivity contribution in [2.24, 2.45) is 0 Å². The Morgan fingerprint density at radius 2 is 2.64 bits per heavy atom. The Morgan fingerprint density at radius 1 is 1.91 bits per heavy atom. The SMILES string of the molecule is C[C@H](Br)C(=O)Nc1nccs1. The van der Waals surface area contributed by atoms with Gasteiger partial charge in [0.2, 0.25) is 5.91 Å². The summed E-state index contributed by atoms with van der Waals surface area (Å²) in [4.78, 5) is 14.7. The summed E-state index contributed by atoms with van der Waals surface area (Å²) in [5.74, 6) is -0.0695. The standard InChI is InChI=1S/C6H7BrN2OS/c1-4(7)5(10)9-6-8-2-3-11-6/h2-4H,1H3,(H,8,9,10)/t4-/m0/s1. The first-order valence-electron chi connectivity index (χ1n) is 3.04. The molecule has 0 aliphatic heterocycles. The molecule has 1 N–H and O–H groups in total. The van der Waals surface area contributed by atoms with Gasteiger partial charge in [0.25, 0.3) is 0 Å². The number of nitrogens with zero attached hydrogens (tertiary/aromatic N) is 1. The molecular weight excluding hydrogens is 228 g/mol. The molecule has 0 saturated carbocycles. The summed E-state index contributed by atoms with van der Waals surface area (Å²) in [7, 11) is 0. The molecule has 0 aliphatic carbocycles. The van der Waals surface area contributed by atoms with Gasteiger partial charge in [-0.1, -0.05) is 15.9 Å². The molecule has 0 unspecified atom stereocenters. The van der Waals surface area contributed by atoms with Gasteiger partial charge in [-0.3, -0.25) is 4.79 Å². The number of aromatic nitrogens is 1. The second-order valence-corrected chi connectivity index (χ2v) is 4.21. The Bertz CT molecular complexity index is 235. The maximum Gasteiger partial charge on any atom is 0.239 e. The van der Waals surface area contributed by atoms with E-state index < -0.39 is 0 Å². The van der Waals surface area contributed by atoms with E-state index in [0.29, 0.717) is 5.13 Å². The van der Waals surface area contributed by atoms with Crippen molar-refractivity contribution in [2.75, 3.05) is 5.32 Å². The Balaban J connectivity index is 2.50. The second-order valence-electron chi connectivity index (χ2n) is 1.94. The van der Waals surface area contributed by atoms with Crippen LogP contribution in [0.2, 0.25) is 0 Å². The van der Waals surface area contributed by atoms with Crippen LogP contribution >= 0.6 is 27.3 Å². The van der Waals surface area contributed by atoms with Crippen molar-refractivity contribution < 1.29 is 4.79 Å². The number of alkyl halides is 1. The molecule has 0 spiro atoms. The molecule has 0 saturated heterocycles. The first kappa shape index (κ1) is 8.67. The third kappa shape index (κ3) is 2.59. The Hall–Kier alpha value is -0.420. The van der Waals surface area contributed by atoms with Crippen LogP contribution in [0, 0.1) is 0 Å². The lowest BCUT2D eigenvalue weighted by molar-refractivity contribution is -0.115. The first-order chi connectivity index (χ1) is 5.20. The molecule has 0 aliphatic rings. The number of nitrogens with one attached hydrogen (secondary N) is 1. The van der Waals surface area contributed by atoms with E-state index in [1.807, 2.05) is 5.38 Å². The number of amides is 1. The maximum atomic E-state index is 11.0. The van der Waals surface area contributed by atoms with Crippen molar-refractivity contribution in [1.82, 2.24) is 4.98 Å². The number of halogens is 1. The Labute approximate surface area is 77.0 Å². The van der Waals surface area contributed by atoms with E-state index in [1.54, 1.807) is 13.1 Å². The molecule has 11 heavy (non-hydrogen) atoms. The van der Waals surface area contributed by atoms with Gasteiger partial charge in [0.05, 0.1) is 4.83 Å². The third-order valence-electron chi connectivity index (χ3n) is 1.02. The third-order valence-corrected chi connectivity index (χ3v) is 2.13. The molecule has 1 rings (SSSR count). The summed E-state index contributed by atoms with van der Waals surface area (Å²) < 4.78 is 0. The average Bonchev–Trinajstić information content (AvgIpc) is 2.39. The van der Waals surface area contributed by atoms with E-state index in [0.717, 1.165) is 0 Å². The molecule has 3 nitrogen and oxygen atoms in total. The quantitative estimate of drug-likeness (QED) is 0.795. The number of thiazole rings is 1. The summed E-state index contributed by atoms with van der Waals surface area (Å²) in [5, 5.41) is 5.10. The number of carbonyl (C=O) groups is 1. The zero-order valence-corrected chi connectivity index (χ0v) is 8.28. The van der Waals surface area contributed by atoms with Crippen LogP contribution in [-0.2, 0) is 4.79 Å². The van der Waals surface area contributed by atoms with Crippen LogP contribution in [0.5, 0.6) is 0 Å². The topological polar surface area (TPSA) is 42.0 Å². The fourth-order valence-corrected chi connectivity index (χ4v) is 1.14. The lowest BCUT2D eigenvalue weighted by atomic mass is 10.5. The monoisotopic (exact) mass is 234 g/mol. The van der Waals surface area contributed by atoms with Gasteiger partial charge < -0.3 is 5.32 Å². The number of hydrogen-bond acceptors (Lipinski definition) is 3. The molecule has 0 fully saturated rings. The number of carbonyl (C=O) groups excluding carboxylic acids is 1. The number of hydrogen-bond donors (Lipinski definition) is 1. The molecule has 0 aromatic carbocycles. The lowest BCUT2D eigenvalue weighted by Gasteiger charge is -2.01. The highest BCUT2D eigenvalue weighted by Crippen LogP contribution is 2.11. The minimum Gasteiger partial charge on any atom is -0.301 e. The van der Waals surface area contributed by atoms with Crippen LogP contribution in [0.1, 0.15) is 6.92 Å². The first-order valence-corrected chi connectivity index (χ1v) is 4.84. The van der Waals surface area contributed by atoms with Gasteiger partial charge in [-0.15, -0.1) is 11.3 Å². The predicted octanol–water partition coefficient (Wildman–Crippen LogP) is 1.86. The normalized spacial score (nSPS) is 12.5. The van der Waals surface area contributed by atoms with Gasteiger partial charge in [-0.25, -0.2) is 4.98 Å². The Kier molecular flexibility index (Phi) is 3.02.